The molecule has 0 fully saturated rings. The van der Waals surface area contributed by atoms with Crippen molar-refractivity contribution in [3.63, 3.8) is 0 Å². The second-order valence-corrected chi connectivity index (χ2v) is 4.98. The average molecular weight is 257 g/mol. The molecule has 0 radical (unpaired) electrons. The lowest BCUT2D eigenvalue weighted by Crippen LogP contribution is -2.05. The van der Waals surface area contributed by atoms with Crippen LogP contribution in [0.5, 0.6) is 0 Å². The number of nitrogens with one attached hydrogen (secondary N) is 2. The molecule has 2 N–H and O–H groups in total. The van der Waals surface area contributed by atoms with Crippen molar-refractivity contribution in [3.05, 3.63) is 35.2 Å². The highest BCUT2D eigenvalue weighted by atomic mass is 16.1. The van der Waals surface area contributed by atoms with Crippen molar-refractivity contribution >= 4 is 11.6 Å². The van der Waals surface area contributed by atoms with Crippen molar-refractivity contribution in [1.82, 2.24) is 20.6 Å². The maximum atomic E-state index is 11.1. The van der Waals surface area contributed by atoms with Gasteiger partial charge in [-0.05, 0) is 46.0 Å². The van der Waals surface area contributed by atoms with Crippen LogP contribution >= 0.6 is 0 Å². The molecular weight excluding hydrogens is 242 g/mol. The molecule has 3 rings (SSSR count). The number of fused-ring (bicyclic) bond motifs is 1. The minimum Gasteiger partial charge on any atom is -0.326 e. The normalized spacial score (nSPS) is 21.2. The van der Waals surface area contributed by atoms with Crippen LogP contribution < -0.4 is 5.32 Å². The van der Waals surface area contributed by atoms with Crippen LogP contribution in [0.4, 0.5) is 5.69 Å². The molecule has 0 bridgehead atoms. The Morgan fingerprint density at radius 1 is 1.47 bits per heavy atom. The number of amides is 1. The number of aromatic amines is 1. The predicted molar refractivity (Wildman–Crippen MR) is 69.8 cm³/mol. The number of H-pyrrole nitrogens is 1. The molecule has 2 atom stereocenters. The van der Waals surface area contributed by atoms with E-state index in [1.165, 1.54) is 18.1 Å². The molecule has 1 aliphatic carbocycles. The van der Waals surface area contributed by atoms with Gasteiger partial charge in [-0.25, -0.2) is 5.10 Å². The summed E-state index contributed by atoms with van der Waals surface area (Å²) in [5.74, 6) is 1.42. The Hall–Kier alpha value is -2.24. The highest BCUT2D eigenvalue weighted by Crippen LogP contribution is 2.43. The summed E-state index contributed by atoms with van der Waals surface area (Å²) in [5, 5.41) is 17.0. The number of carbonyl (C=O) groups is 1. The first-order chi connectivity index (χ1) is 9.15. The van der Waals surface area contributed by atoms with Crippen molar-refractivity contribution < 1.29 is 4.79 Å². The van der Waals surface area contributed by atoms with Crippen molar-refractivity contribution in [2.45, 2.75) is 32.1 Å². The second-order valence-electron chi connectivity index (χ2n) is 4.98. The van der Waals surface area contributed by atoms with Gasteiger partial charge in [0.15, 0.2) is 5.82 Å². The first kappa shape index (κ1) is 11.8. The van der Waals surface area contributed by atoms with Gasteiger partial charge in [0.05, 0.1) is 0 Å². The fraction of sp³-hybridized carbons (Fsp3) is 0.385. The molecule has 6 nitrogen and oxygen atoms in total. The summed E-state index contributed by atoms with van der Waals surface area (Å²) in [6.45, 7) is 3.69. The fourth-order valence-corrected chi connectivity index (χ4v) is 2.80. The van der Waals surface area contributed by atoms with Crippen LogP contribution in [-0.2, 0) is 11.2 Å². The molecular formula is C13H15N5O. The van der Waals surface area contributed by atoms with Crippen molar-refractivity contribution in [1.29, 1.82) is 0 Å². The summed E-state index contributed by atoms with van der Waals surface area (Å²) < 4.78 is 0. The van der Waals surface area contributed by atoms with Crippen molar-refractivity contribution in [3.8, 4) is 0 Å². The summed E-state index contributed by atoms with van der Waals surface area (Å²) in [7, 11) is 0. The van der Waals surface area contributed by atoms with E-state index in [1.807, 2.05) is 12.1 Å². The minimum atomic E-state index is -0.0537. The van der Waals surface area contributed by atoms with Crippen LogP contribution in [0.2, 0.25) is 0 Å². The van der Waals surface area contributed by atoms with E-state index < -0.39 is 0 Å². The Morgan fingerprint density at radius 3 is 3.00 bits per heavy atom. The maximum absolute atomic E-state index is 11.1. The standard InChI is InChI=1S/C13H15N5O/c1-7-11-4-3-10(14-8(2)19)5-9(11)6-12(7)13-15-17-18-16-13/h3-5,7,12H,6H2,1-2H3,(H,14,19)(H,15,16,17,18). The number of rotatable bonds is 2. The van der Waals surface area contributed by atoms with Gasteiger partial charge in [-0.3, -0.25) is 4.79 Å². The molecule has 0 saturated carbocycles. The SMILES string of the molecule is CC(=O)Nc1ccc2c(c1)CC(c1nnn[nH]1)C2C. The Labute approximate surface area is 110 Å². The molecule has 2 unspecified atom stereocenters. The zero-order chi connectivity index (χ0) is 13.4. The van der Waals surface area contributed by atoms with Crippen LogP contribution in [0.1, 0.15) is 42.6 Å². The molecule has 2 aromatic rings. The monoisotopic (exact) mass is 257 g/mol. The van der Waals surface area contributed by atoms with E-state index in [4.69, 9.17) is 0 Å². The second kappa shape index (κ2) is 4.46. The smallest absolute Gasteiger partial charge is 0.221 e. The van der Waals surface area contributed by atoms with Gasteiger partial charge in [0.1, 0.15) is 0 Å². The molecule has 1 aliphatic rings. The maximum Gasteiger partial charge on any atom is 0.221 e. The lowest BCUT2D eigenvalue weighted by Gasteiger charge is -2.11. The number of hydrogen-bond acceptors (Lipinski definition) is 4. The zero-order valence-electron chi connectivity index (χ0n) is 10.8. The van der Waals surface area contributed by atoms with Gasteiger partial charge in [-0.2, -0.15) is 0 Å². The van der Waals surface area contributed by atoms with E-state index in [9.17, 15) is 4.79 Å². The van der Waals surface area contributed by atoms with Gasteiger partial charge >= 0.3 is 0 Å². The van der Waals surface area contributed by atoms with E-state index in [0.717, 1.165) is 17.9 Å². The summed E-state index contributed by atoms with van der Waals surface area (Å²) in [6, 6.07) is 6.06. The Bertz CT molecular complexity index is 608. The Morgan fingerprint density at radius 2 is 2.32 bits per heavy atom. The summed E-state index contributed by atoms with van der Waals surface area (Å²) in [6.07, 6.45) is 0.890. The number of nitrogens with zero attached hydrogens (tertiary/aromatic N) is 3. The van der Waals surface area contributed by atoms with Gasteiger partial charge in [-0.15, -0.1) is 5.10 Å². The Kier molecular flexibility index (Phi) is 2.77. The zero-order valence-corrected chi connectivity index (χ0v) is 10.8. The minimum absolute atomic E-state index is 0.0537. The molecule has 6 heteroatoms. The molecule has 1 aromatic heterocycles. The van der Waals surface area contributed by atoms with E-state index in [-0.39, 0.29) is 11.8 Å². The van der Waals surface area contributed by atoms with Gasteiger partial charge in [0.25, 0.3) is 0 Å². The van der Waals surface area contributed by atoms with Crippen LogP contribution in [0.3, 0.4) is 0 Å². The lowest BCUT2D eigenvalue weighted by atomic mass is 9.94. The van der Waals surface area contributed by atoms with Crippen LogP contribution in [0, 0.1) is 0 Å². The fourth-order valence-electron chi connectivity index (χ4n) is 2.80. The molecule has 98 valence electrons. The highest BCUT2D eigenvalue weighted by Gasteiger charge is 2.32. The van der Waals surface area contributed by atoms with Crippen LogP contribution in [0.15, 0.2) is 18.2 Å². The van der Waals surface area contributed by atoms with Crippen LogP contribution in [0.25, 0.3) is 0 Å². The van der Waals surface area contributed by atoms with Gasteiger partial charge < -0.3 is 5.32 Å². The third-order valence-corrected chi connectivity index (χ3v) is 3.71. The van der Waals surface area contributed by atoms with E-state index in [1.54, 1.807) is 0 Å². The average Bonchev–Trinajstić information content (AvgIpc) is 2.96. The first-order valence-electron chi connectivity index (χ1n) is 6.29. The Balaban J connectivity index is 1.90. The topological polar surface area (TPSA) is 83.6 Å². The lowest BCUT2D eigenvalue weighted by molar-refractivity contribution is -0.114. The number of tetrazole rings is 1. The summed E-state index contributed by atoms with van der Waals surface area (Å²) >= 11 is 0. The number of carbonyl (C=O) groups excluding carboxylic acids is 1. The third kappa shape index (κ3) is 2.09. The van der Waals surface area contributed by atoms with E-state index in [2.05, 4.69) is 38.9 Å². The molecule has 0 saturated heterocycles. The van der Waals surface area contributed by atoms with Gasteiger partial charge in [0, 0.05) is 18.5 Å². The number of anilines is 1. The molecule has 0 aliphatic heterocycles. The first-order valence-corrected chi connectivity index (χ1v) is 6.29. The van der Waals surface area contributed by atoms with Gasteiger partial charge in [-0.1, -0.05) is 13.0 Å². The number of aromatic nitrogens is 4. The van der Waals surface area contributed by atoms with Gasteiger partial charge in [0.2, 0.25) is 5.91 Å². The quantitative estimate of drug-likeness (QED) is 0.856. The molecule has 0 spiro atoms. The van der Waals surface area contributed by atoms with E-state index in [0.29, 0.717) is 5.92 Å². The van der Waals surface area contributed by atoms with Crippen molar-refractivity contribution in [2.24, 2.45) is 0 Å². The highest BCUT2D eigenvalue weighted by molar-refractivity contribution is 5.88. The predicted octanol–water partition coefficient (Wildman–Crippen LogP) is 1.60. The number of benzene rings is 1. The summed E-state index contributed by atoms with van der Waals surface area (Å²) in [4.78, 5) is 11.1. The van der Waals surface area contributed by atoms with Crippen molar-refractivity contribution in [2.75, 3.05) is 5.32 Å². The summed E-state index contributed by atoms with van der Waals surface area (Å²) in [5.41, 5.74) is 3.39. The number of hydrogen-bond donors (Lipinski definition) is 2. The molecule has 1 aromatic carbocycles. The molecule has 19 heavy (non-hydrogen) atoms. The third-order valence-electron chi connectivity index (χ3n) is 3.71. The molecule has 1 amide bonds. The molecule has 1 heterocycles. The largest absolute Gasteiger partial charge is 0.326 e. The van der Waals surface area contributed by atoms with E-state index >= 15 is 0 Å². The van der Waals surface area contributed by atoms with Crippen LogP contribution in [-0.4, -0.2) is 26.5 Å².